The molecule has 6 heteroatoms. The second kappa shape index (κ2) is 8.78. The Balaban J connectivity index is 2.31. The molecule has 0 bridgehead atoms. The van der Waals surface area contributed by atoms with E-state index < -0.39 is 23.1 Å². The van der Waals surface area contributed by atoms with Crippen LogP contribution < -0.4 is 0 Å². The monoisotopic (exact) mass is 366 g/mol. The molecule has 2 aliphatic rings. The topological polar surface area (TPSA) is 86.7 Å². The summed E-state index contributed by atoms with van der Waals surface area (Å²) in [6.45, 7) is 2.72. The Morgan fingerprint density at radius 3 is 1.19 bits per heavy atom. The molecule has 0 unspecified atom stereocenters. The van der Waals surface area contributed by atoms with Crippen molar-refractivity contribution in [1.82, 2.24) is 0 Å². The zero-order valence-corrected chi connectivity index (χ0v) is 15.9. The molecule has 0 saturated heterocycles. The molecule has 6 nitrogen and oxygen atoms in total. The minimum absolute atomic E-state index is 0.243. The highest BCUT2D eigenvalue weighted by Gasteiger charge is 2.57. The number of hydrogen-bond acceptors (Lipinski definition) is 6. The van der Waals surface area contributed by atoms with E-state index in [1.165, 1.54) is 13.8 Å². The summed E-state index contributed by atoms with van der Waals surface area (Å²) in [5, 5.41) is 0. The molecular weight excluding hydrogens is 336 g/mol. The maximum atomic E-state index is 12.3. The molecule has 0 atom stereocenters. The van der Waals surface area contributed by atoms with Gasteiger partial charge in [0.25, 0.3) is 0 Å². The molecule has 0 aromatic heterocycles. The lowest BCUT2D eigenvalue weighted by molar-refractivity contribution is -0.230. The van der Waals surface area contributed by atoms with Crippen molar-refractivity contribution in [2.45, 2.75) is 102 Å². The Kier molecular flexibility index (Phi) is 6.95. The van der Waals surface area contributed by atoms with Crippen molar-refractivity contribution in [1.29, 1.82) is 0 Å². The van der Waals surface area contributed by atoms with E-state index in [-0.39, 0.29) is 24.4 Å². The Morgan fingerprint density at radius 2 is 0.923 bits per heavy atom. The van der Waals surface area contributed by atoms with Gasteiger partial charge in [-0.25, -0.2) is 0 Å². The highest BCUT2D eigenvalue weighted by atomic mass is 16.6. The fourth-order valence-corrected chi connectivity index (χ4v) is 4.46. The van der Waals surface area contributed by atoms with E-state index in [0.717, 1.165) is 38.5 Å². The average molecular weight is 366 g/mol. The van der Waals surface area contributed by atoms with Crippen molar-refractivity contribution in [3.05, 3.63) is 0 Å². The maximum Gasteiger partial charge on any atom is 0.313 e. The van der Waals surface area contributed by atoms with Crippen LogP contribution in [-0.2, 0) is 28.7 Å². The SMILES string of the molecule is CC(=O)CC(=O)OC1(C2(OC(=O)CC(C)=O)CCCCC2)CCCCC1. The zero-order chi connectivity index (χ0) is 19.2. The fraction of sp³-hybridized carbons (Fsp3) is 0.800. The number of ether oxygens (including phenoxy) is 2. The molecule has 0 radical (unpaired) electrons. The molecule has 0 spiro atoms. The molecule has 0 heterocycles. The first-order valence-corrected chi connectivity index (χ1v) is 9.71. The van der Waals surface area contributed by atoms with Crippen molar-refractivity contribution in [3.8, 4) is 0 Å². The number of carbonyl (C=O) groups excluding carboxylic acids is 4. The van der Waals surface area contributed by atoms with Gasteiger partial charge in [-0.05, 0) is 65.2 Å². The van der Waals surface area contributed by atoms with Gasteiger partial charge in [0.15, 0.2) is 11.2 Å². The molecule has 2 saturated carbocycles. The summed E-state index contributed by atoms with van der Waals surface area (Å²) < 4.78 is 11.8. The van der Waals surface area contributed by atoms with Crippen molar-refractivity contribution in [3.63, 3.8) is 0 Å². The Bertz CT molecular complexity index is 503. The van der Waals surface area contributed by atoms with Gasteiger partial charge in [-0.15, -0.1) is 0 Å². The summed E-state index contributed by atoms with van der Waals surface area (Å²) in [5.74, 6) is -1.58. The van der Waals surface area contributed by atoms with Crippen LogP contribution in [0.25, 0.3) is 0 Å². The summed E-state index contributed by atoms with van der Waals surface area (Å²) >= 11 is 0. The number of rotatable bonds is 7. The second-order valence-corrected chi connectivity index (χ2v) is 7.82. The van der Waals surface area contributed by atoms with Crippen molar-refractivity contribution in [2.75, 3.05) is 0 Å². The fourth-order valence-electron chi connectivity index (χ4n) is 4.46. The van der Waals surface area contributed by atoms with Gasteiger partial charge in [-0.2, -0.15) is 0 Å². The normalized spacial score (nSPS) is 21.5. The molecule has 2 rings (SSSR count). The summed E-state index contributed by atoms with van der Waals surface area (Å²) in [4.78, 5) is 47.3. The molecule has 0 aromatic carbocycles. The number of hydrogen-bond donors (Lipinski definition) is 0. The van der Waals surface area contributed by atoms with Crippen LogP contribution in [0.3, 0.4) is 0 Å². The summed E-state index contributed by atoms with van der Waals surface area (Å²) in [5.41, 5.74) is -1.77. The molecule has 146 valence electrons. The summed E-state index contributed by atoms with van der Waals surface area (Å²) in [6.07, 6.45) is 7.63. The number of ketones is 2. The Labute approximate surface area is 155 Å². The maximum absolute atomic E-state index is 12.3. The van der Waals surface area contributed by atoms with E-state index >= 15 is 0 Å². The van der Waals surface area contributed by atoms with Crippen molar-refractivity contribution < 1.29 is 28.7 Å². The van der Waals surface area contributed by atoms with Gasteiger partial charge in [-0.1, -0.05) is 12.8 Å². The third-order valence-electron chi connectivity index (χ3n) is 5.56. The summed E-state index contributed by atoms with van der Waals surface area (Å²) in [6, 6.07) is 0. The molecular formula is C20H30O6. The lowest BCUT2D eigenvalue weighted by Gasteiger charge is -2.52. The van der Waals surface area contributed by atoms with Gasteiger partial charge in [0.05, 0.1) is 0 Å². The minimum atomic E-state index is -0.884. The zero-order valence-electron chi connectivity index (χ0n) is 15.9. The van der Waals surface area contributed by atoms with E-state index in [2.05, 4.69) is 0 Å². The van der Waals surface area contributed by atoms with E-state index in [1.807, 2.05) is 0 Å². The Morgan fingerprint density at radius 1 is 0.615 bits per heavy atom. The van der Waals surface area contributed by atoms with Crippen LogP contribution in [0.1, 0.15) is 90.9 Å². The number of Topliss-reactive ketones (excluding diaryl/α,β-unsaturated/α-hetero) is 2. The molecule has 0 aromatic rings. The lowest BCUT2D eigenvalue weighted by Crippen LogP contribution is -2.61. The van der Waals surface area contributed by atoms with Gasteiger partial charge in [0.1, 0.15) is 24.4 Å². The largest absolute Gasteiger partial charge is 0.454 e. The second-order valence-electron chi connectivity index (χ2n) is 7.82. The van der Waals surface area contributed by atoms with Crippen LogP contribution in [0.4, 0.5) is 0 Å². The molecule has 0 aliphatic heterocycles. The van der Waals surface area contributed by atoms with Crippen LogP contribution in [0.15, 0.2) is 0 Å². The molecule has 2 fully saturated rings. The van der Waals surface area contributed by atoms with E-state index in [4.69, 9.17) is 9.47 Å². The van der Waals surface area contributed by atoms with Crippen LogP contribution in [-0.4, -0.2) is 34.7 Å². The first kappa shape index (κ1) is 20.6. The van der Waals surface area contributed by atoms with E-state index in [0.29, 0.717) is 25.7 Å². The van der Waals surface area contributed by atoms with Gasteiger partial charge in [-0.3, -0.25) is 19.2 Å². The highest BCUT2D eigenvalue weighted by molar-refractivity contribution is 5.95. The predicted octanol–water partition coefficient (Wildman–Crippen LogP) is 3.44. The lowest BCUT2D eigenvalue weighted by atomic mass is 9.66. The highest BCUT2D eigenvalue weighted by Crippen LogP contribution is 2.49. The van der Waals surface area contributed by atoms with E-state index in [1.54, 1.807) is 0 Å². The van der Waals surface area contributed by atoms with Crippen molar-refractivity contribution in [2.24, 2.45) is 0 Å². The molecule has 0 N–H and O–H groups in total. The van der Waals surface area contributed by atoms with E-state index in [9.17, 15) is 19.2 Å². The molecule has 26 heavy (non-hydrogen) atoms. The quantitative estimate of drug-likeness (QED) is 0.507. The van der Waals surface area contributed by atoms with Gasteiger partial charge in [0.2, 0.25) is 0 Å². The third-order valence-corrected chi connectivity index (χ3v) is 5.56. The Hall–Kier alpha value is -1.72. The van der Waals surface area contributed by atoms with Crippen molar-refractivity contribution >= 4 is 23.5 Å². The standard InChI is InChI=1S/C20H30O6/c1-15(21)13-17(23)25-19(9-5-3-6-10-19)20(11-7-4-8-12-20)26-18(24)14-16(2)22/h3-14H2,1-2H3. The van der Waals surface area contributed by atoms with Crippen LogP contribution in [0.2, 0.25) is 0 Å². The van der Waals surface area contributed by atoms with Crippen LogP contribution in [0.5, 0.6) is 0 Å². The number of carbonyl (C=O) groups is 4. The summed E-state index contributed by atoms with van der Waals surface area (Å²) in [7, 11) is 0. The third kappa shape index (κ3) is 4.92. The average Bonchev–Trinajstić information content (AvgIpc) is 2.54. The molecule has 0 amide bonds. The first-order valence-electron chi connectivity index (χ1n) is 9.71. The first-order chi connectivity index (χ1) is 12.3. The predicted molar refractivity (Wildman–Crippen MR) is 94.4 cm³/mol. The number of esters is 2. The molecule has 2 aliphatic carbocycles. The van der Waals surface area contributed by atoms with Crippen LogP contribution >= 0.6 is 0 Å². The van der Waals surface area contributed by atoms with Gasteiger partial charge in [0, 0.05) is 0 Å². The van der Waals surface area contributed by atoms with Gasteiger partial charge < -0.3 is 9.47 Å². The van der Waals surface area contributed by atoms with Gasteiger partial charge >= 0.3 is 11.9 Å². The minimum Gasteiger partial charge on any atom is -0.454 e. The van der Waals surface area contributed by atoms with Crippen LogP contribution in [0, 0.1) is 0 Å². The smallest absolute Gasteiger partial charge is 0.313 e.